The maximum atomic E-state index is 14.9. The zero-order valence-corrected chi connectivity index (χ0v) is 16.6. The Labute approximate surface area is 170 Å². The minimum atomic E-state index is -1.74. The summed E-state index contributed by atoms with van der Waals surface area (Å²) >= 11 is 3.14. The summed E-state index contributed by atoms with van der Waals surface area (Å²) in [6.07, 6.45) is -2.04. The largest absolute Gasteiger partial charge is 0.461 e. The molecule has 28 heavy (non-hydrogen) atoms. The highest BCUT2D eigenvalue weighted by molar-refractivity contribution is 9.09. The van der Waals surface area contributed by atoms with E-state index in [-0.39, 0.29) is 12.2 Å². The Morgan fingerprint density at radius 2 is 1.57 bits per heavy atom. The van der Waals surface area contributed by atoms with Crippen LogP contribution in [0.2, 0.25) is 0 Å². The third-order valence-electron chi connectivity index (χ3n) is 3.61. The van der Waals surface area contributed by atoms with Gasteiger partial charge >= 0.3 is 11.9 Å². The molecule has 0 amide bonds. The van der Waals surface area contributed by atoms with Crippen molar-refractivity contribution in [2.24, 2.45) is 5.16 Å². The minimum Gasteiger partial charge on any atom is -0.461 e. The van der Waals surface area contributed by atoms with Gasteiger partial charge in [-0.2, -0.15) is 0 Å². The van der Waals surface area contributed by atoms with Crippen LogP contribution in [0.15, 0.2) is 65.8 Å². The van der Waals surface area contributed by atoms with Crippen molar-refractivity contribution in [1.29, 1.82) is 0 Å². The molecule has 0 aliphatic carbocycles. The number of rotatable bonds is 9. The van der Waals surface area contributed by atoms with E-state index in [1.54, 1.807) is 60.7 Å². The zero-order chi connectivity index (χ0) is 20.4. The Morgan fingerprint density at radius 1 is 1.04 bits per heavy atom. The second-order valence-corrected chi connectivity index (χ2v) is 6.77. The fourth-order valence-electron chi connectivity index (χ4n) is 2.17. The summed E-state index contributed by atoms with van der Waals surface area (Å²) in [6, 6.07) is 16.5. The summed E-state index contributed by atoms with van der Waals surface area (Å²) in [7, 11) is 1.28. The Kier molecular flexibility index (Phi) is 8.61. The molecule has 6 nitrogen and oxygen atoms in total. The van der Waals surface area contributed by atoms with Gasteiger partial charge in [-0.15, -0.1) is 0 Å². The summed E-state index contributed by atoms with van der Waals surface area (Å²) < 4.78 is 25.2. The van der Waals surface area contributed by atoms with Gasteiger partial charge in [0, 0.05) is 0 Å². The molecule has 0 saturated heterocycles. The molecule has 0 radical (unpaired) electrons. The Hall–Kier alpha value is -2.74. The number of nitrogens with zero attached hydrogens (tertiary/aromatic N) is 1. The summed E-state index contributed by atoms with van der Waals surface area (Å²) in [5, 5.41) is 3.49. The van der Waals surface area contributed by atoms with Crippen LogP contribution < -0.4 is 0 Å². The van der Waals surface area contributed by atoms with Gasteiger partial charge in [0.15, 0.2) is 12.3 Å². The number of halogens is 2. The zero-order valence-electron chi connectivity index (χ0n) is 15.0. The van der Waals surface area contributed by atoms with Gasteiger partial charge in [0.05, 0.1) is 22.2 Å². The molecule has 148 valence electrons. The number of oxime groups is 1. The monoisotopic (exact) mass is 451 g/mol. The fraction of sp³-hybridized carbons (Fsp3) is 0.250. The van der Waals surface area contributed by atoms with Crippen molar-refractivity contribution in [3.05, 3.63) is 71.8 Å². The minimum absolute atomic E-state index is 0.269. The molecule has 2 rings (SSSR count). The number of hydrogen-bond acceptors (Lipinski definition) is 6. The predicted molar refractivity (Wildman–Crippen MR) is 105 cm³/mol. The lowest BCUT2D eigenvalue weighted by Gasteiger charge is -2.21. The van der Waals surface area contributed by atoms with Gasteiger partial charge in [0.25, 0.3) is 0 Å². The van der Waals surface area contributed by atoms with Gasteiger partial charge in [0.2, 0.25) is 0 Å². The second kappa shape index (κ2) is 11.2. The topological polar surface area (TPSA) is 74.2 Å². The quantitative estimate of drug-likeness (QED) is 0.251. The Morgan fingerprint density at radius 3 is 2.11 bits per heavy atom. The number of ether oxygens (including phenoxy) is 2. The van der Waals surface area contributed by atoms with Gasteiger partial charge < -0.3 is 14.3 Å². The lowest BCUT2D eigenvalue weighted by Crippen LogP contribution is -2.38. The van der Waals surface area contributed by atoms with Crippen LogP contribution in [0.5, 0.6) is 0 Å². The average Bonchev–Trinajstić information content (AvgIpc) is 2.75. The first kappa shape index (κ1) is 21.6. The van der Waals surface area contributed by atoms with Crippen LogP contribution in [0.25, 0.3) is 0 Å². The van der Waals surface area contributed by atoms with E-state index in [1.165, 1.54) is 7.11 Å². The third kappa shape index (κ3) is 6.45. The fourth-order valence-corrected chi connectivity index (χ4v) is 2.61. The first-order valence-electron chi connectivity index (χ1n) is 8.36. The smallest absolute Gasteiger partial charge is 0.338 e. The molecule has 0 saturated carbocycles. The molecular formula is C20H19BrFNO5. The first-order chi connectivity index (χ1) is 13.5. The van der Waals surface area contributed by atoms with Gasteiger partial charge in [-0.1, -0.05) is 57.5 Å². The highest BCUT2D eigenvalue weighted by atomic mass is 79.9. The van der Waals surface area contributed by atoms with E-state index >= 15 is 0 Å². The van der Waals surface area contributed by atoms with Crippen molar-refractivity contribution in [1.82, 2.24) is 0 Å². The van der Waals surface area contributed by atoms with Crippen LogP contribution in [-0.4, -0.2) is 49.0 Å². The van der Waals surface area contributed by atoms with Crippen molar-refractivity contribution < 1.29 is 28.3 Å². The van der Waals surface area contributed by atoms with E-state index in [1.807, 2.05) is 0 Å². The predicted octanol–water partition coefficient (Wildman–Crippen LogP) is 3.80. The lowest BCUT2D eigenvalue weighted by atomic mass is 10.1. The first-order valence-corrected chi connectivity index (χ1v) is 9.27. The van der Waals surface area contributed by atoms with Crippen molar-refractivity contribution in [2.45, 2.75) is 17.1 Å². The van der Waals surface area contributed by atoms with Crippen LogP contribution in [0.3, 0.4) is 0 Å². The lowest BCUT2D eigenvalue weighted by molar-refractivity contribution is 0.0203. The standard InChI is InChI=1S/C20H19BrFNO5/c1-26-23-12-17(28-20(25)15-10-6-3-7-11-15)18(22)16(21)13-27-19(24)14-8-4-2-5-9-14/h2-12,16-18H,13H2,1H3/t16-,17-,18+/m0/s1. The Balaban J connectivity index is 1.98. The summed E-state index contributed by atoms with van der Waals surface area (Å²) in [4.78, 5) is 27.8. The van der Waals surface area contributed by atoms with Gasteiger partial charge in [-0.3, -0.25) is 0 Å². The summed E-state index contributed by atoms with van der Waals surface area (Å²) in [5.41, 5.74) is 0.623. The molecule has 0 fully saturated rings. The summed E-state index contributed by atoms with van der Waals surface area (Å²) in [6.45, 7) is -0.269. The number of esters is 2. The van der Waals surface area contributed by atoms with Crippen LogP contribution in [-0.2, 0) is 14.3 Å². The van der Waals surface area contributed by atoms with Crippen molar-refractivity contribution in [3.63, 3.8) is 0 Å². The van der Waals surface area contributed by atoms with E-state index in [0.29, 0.717) is 5.56 Å². The molecule has 8 heteroatoms. The molecule has 0 spiro atoms. The maximum Gasteiger partial charge on any atom is 0.338 e. The van der Waals surface area contributed by atoms with Crippen LogP contribution in [0.4, 0.5) is 4.39 Å². The summed E-state index contributed by atoms with van der Waals surface area (Å²) in [5.74, 6) is -1.29. The van der Waals surface area contributed by atoms with Crippen LogP contribution in [0, 0.1) is 0 Å². The normalized spacial score (nSPS) is 14.1. The number of alkyl halides is 2. The molecule has 0 aliphatic rings. The average molecular weight is 452 g/mol. The van der Waals surface area contributed by atoms with Gasteiger partial charge in [-0.05, 0) is 24.3 Å². The molecule has 0 aromatic heterocycles. The van der Waals surface area contributed by atoms with E-state index in [9.17, 15) is 14.0 Å². The van der Waals surface area contributed by atoms with E-state index in [0.717, 1.165) is 6.21 Å². The molecule has 0 N–H and O–H groups in total. The third-order valence-corrected chi connectivity index (χ3v) is 4.38. The molecule has 0 unspecified atom stereocenters. The van der Waals surface area contributed by atoms with Crippen molar-refractivity contribution in [3.8, 4) is 0 Å². The number of carbonyl (C=O) groups excluding carboxylic acids is 2. The van der Waals surface area contributed by atoms with Crippen LogP contribution >= 0.6 is 15.9 Å². The number of carbonyl (C=O) groups is 2. The molecule has 2 aromatic rings. The highest BCUT2D eigenvalue weighted by Gasteiger charge is 2.31. The molecular weight excluding hydrogens is 433 g/mol. The number of benzene rings is 2. The van der Waals surface area contributed by atoms with E-state index in [2.05, 4.69) is 25.9 Å². The molecule has 0 bridgehead atoms. The number of hydrogen-bond donors (Lipinski definition) is 0. The highest BCUT2D eigenvalue weighted by Crippen LogP contribution is 2.18. The second-order valence-electron chi connectivity index (χ2n) is 5.60. The Bertz CT molecular complexity index is 788. The molecule has 2 aromatic carbocycles. The maximum absolute atomic E-state index is 14.9. The SMILES string of the molecule is CON=C[C@H](OC(=O)c1ccccc1)[C@H](F)[C@@H](Br)COC(=O)c1ccccc1. The van der Waals surface area contributed by atoms with E-state index in [4.69, 9.17) is 9.47 Å². The van der Waals surface area contributed by atoms with Crippen molar-refractivity contribution >= 4 is 34.1 Å². The molecule has 0 heterocycles. The molecule has 3 atom stereocenters. The molecule has 0 aliphatic heterocycles. The van der Waals surface area contributed by atoms with Gasteiger partial charge in [0.1, 0.15) is 13.7 Å². The van der Waals surface area contributed by atoms with Gasteiger partial charge in [-0.25, -0.2) is 14.0 Å². The van der Waals surface area contributed by atoms with E-state index < -0.39 is 29.0 Å². The van der Waals surface area contributed by atoms with Crippen LogP contribution in [0.1, 0.15) is 20.7 Å². The van der Waals surface area contributed by atoms with Crippen molar-refractivity contribution in [2.75, 3.05) is 13.7 Å².